The van der Waals surface area contributed by atoms with Crippen molar-refractivity contribution in [2.24, 2.45) is 0 Å². The van der Waals surface area contributed by atoms with Gasteiger partial charge >= 0.3 is 18.0 Å². The summed E-state index contributed by atoms with van der Waals surface area (Å²) >= 11 is 0. The topological polar surface area (TPSA) is 71.1 Å². The van der Waals surface area contributed by atoms with E-state index >= 15 is 0 Å². The fraction of sp³-hybridized carbons (Fsp3) is 0.217. The van der Waals surface area contributed by atoms with Gasteiger partial charge in [-0.1, -0.05) is 25.3 Å². The van der Waals surface area contributed by atoms with E-state index in [0.717, 1.165) is 0 Å². The lowest BCUT2D eigenvalue weighted by Gasteiger charge is -2.19. The molecule has 2 aromatic rings. The molecule has 6 nitrogen and oxygen atoms in total. The lowest BCUT2D eigenvalue weighted by molar-refractivity contribution is -0.185. The van der Waals surface area contributed by atoms with Gasteiger partial charge in [-0.25, -0.2) is 9.59 Å². The molecule has 164 valence electrons. The smallest absolute Gasteiger partial charge is 0.426 e. The van der Waals surface area contributed by atoms with Gasteiger partial charge in [0, 0.05) is 11.1 Å². The maximum absolute atomic E-state index is 14.4. The summed E-state index contributed by atoms with van der Waals surface area (Å²) in [6.45, 7) is 9.53. The number of benzene rings is 2. The van der Waals surface area contributed by atoms with Gasteiger partial charge in [0.05, 0.1) is 5.56 Å². The van der Waals surface area contributed by atoms with Crippen LogP contribution in [0.2, 0.25) is 0 Å². The molecule has 0 fully saturated rings. The van der Waals surface area contributed by atoms with Crippen molar-refractivity contribution in [3.8, 4) is 11.5 Å². The van der Waals surface area contributed by atoms with Gasteiger partial charge < -0.3 is 18.9 Å². The first-order valence-electron chi connectivity index (χ1n) is 9.13. The molecule has 0 spiro atoms. The third-order valence-electron chi connectivity index (χ3n) is 3.84. The summed E-state index contributed by atoms with van der Waals surface area (Å²) in [6, 6.07) is 10.6. The Labute approximate surface area is 178 Å². The van der Waals surface area contributed by atoms with Crippen molar-refractivity contribution in [1.82, 2.24) is 0 Å². The van der Waals surface area contributed by atoms with Gasteiger partial charge in [0.2, 0.25) is 6.79 Å². The average Bonchev–Trinajstić information content (AvgIpc) is 2.73. The van der Waals surface area contributed by atoms with Gasteiger partial charge in [-0.2, -0.15) is 8.78 Å². The first kappa shape index (κ1) is 23.6. The number of esters is 2. The predicted molar refractivity (Wildman–Crippen MR) is 108 cm³/mol. The zero-order valence-electron chi connectivity index (χ0n) is 17.2. The summed E-state index contributed by atoms with van der Waals surface area (Å²) in [5.74, 6) is -0.937. The van der Waals surface area contributed by atoms with E-state index in [1.165, 1.54) is 62.4 Å². The molecule has 31 heavy (non-hydrogen) atoms. The van der Waals surface area contributed by atoms with Crippen molar-refractivity contribution in [3.63, 3.8) is 0 Å². The van der Waals surface area contributed by atoms with Crippen LogP contribution in [0, 0.1) is 0 Å². The molecule has 0 N–H and O–H groups in total. The van der Waals surface area contributed by atoms with Crippen molar-refractivity contribution in [2.45, 2.75) is 26.6 Å². The van der Waals surface area contributed by atoms with Crippen LogP contribution in [0.4, 0.5) is 8.78 Å². The van der Waals surface area contributed by atoms with Gasteiger partial charge in [-0.05, 0) is 55.8 Å². The van der Waals surface area contributed by atoms with Crippen molar-refractivity contribution >= 4 is 11.9 Å². The largest absolute Gasteiger partial charge is 0.457 e. The minimum atomic E-state index is -3.59. The first-order valence-corrected chi connectivity index (χ1v) is 9.13. The summed E-state index contributed by atoms with van der Waals surface area (Å²) in [5.41, 5.74) is 0.661. The Morgan fingerprint density at radius 1 is 0.839 bits per heavy atom. The number of alkyl halides is 2. The highest BCUT2D eigenvalue weighted by atomic mass is 19.3. The molecule has 2 aromatic carbocycles. The summed E-state index contributed by atoms with van der Waals surface area (Å²) in [5, 5.41) is 0. The molecule has 0 atom stereocenters. The highest BCUT2D eigenvalue weighted by Crippen LogP contribution is 2.32. The van der Waals surface area contributed by atoms with E-state index in [-0.39, 0.29) is 35.9 Å². The van der Waals surface area contributed by atoms with Crippen molar-refractivity contribution in [2.75, 3.05) is 6.79 Å². The number of hydrogen-bond donors (Lipinski definition) is 0. The molecular formula is C23H22F2O6. The lowest BCUT2D eigenvalue weighted by Crippen LogP contribution is -2.21. The van der Waals surface area contributed by atoms with E-state index in [4.69, 9.17) is 18.9 Å². The molecule has 0 amide bonds. The fourth-order valence-electron chi connectivity index (χ4n) is 2.15. The maximum Gasteiger partial charge on any atom is 0.426 e. The number of ether oxygens (including phenoxy) is 4. The highest BCUT2D eigenvalue weighted by Gasteiger charge is 2.34. The summed E-state index contributed by atoms with van der Waals surface area (Å²) in [6.07, 6.45) is -3.59. The quantitative estimate of drug-likeness (QED) is 0.302. The second-order valence-corrected chi connectivity index (χ2v) is 6.62. The highest BCUT2D eigenvalue weighted by molar-refractivity contribution is 5.87. The molecule has 0 radical (unpaired) electrons. The van der Waals surface area contributed by atoms with Gasteiger partial charge in [-0.3, -0.25) is 0 Å². The van der Waals surface area contributed by atoms with E-state index < -0.39 is 18.0 Å². The number of carbonyl (C=O) groups excluding carboxylic acids is 2. The molecule has 2 rings (SSSR count). The number of carbonyl (C=O) groups is 2. The van der Waals surface area contributed by atoms with E-state index in [9.17, 15) is 18.4 Å². The van der Waals surface area contributed by atoms with Crippen LogP contribution in [0.25, 0.3) is 0 Å². The Morgan fingerprint density at radius 2 is 1.35 bits per heavy atom. The van der Waals surface area contributed by atoms with Crippen LogP contribution in [-0.4, -0.2) is 18.7 Å². The molecule has 0 aliphatic heterocycles. The summed E-state index contributed by atoms with van der Waals surface area (Å²) in [7, 11) is 0. The van der Waals surface area contributed by atoms with Crippen LogP contribution < -0.4 is 9.47 Å². The normalized spacial score (nSPS) is 10.7. The lowest BCUT2D eigenvalue weighted by atomic mass is 10.1. The summed E-state index contributed by atoms with van der Waals surface area (Å²) < 4.78 is 48.6. The molecular weight excluding hydrogens is 410 g/mol. The van der Waals surface area contributed by atoms with Gasteiger partial charge in [-0.15, -0.1) is 0 Å². The Morgan fingerprint density at radius 3 is 1.90 bits per heavy atom. The Hall–Kier alpha value is -3.68. The molecule has 0 bridgehead atoms. The van der Waals surface area contributed by atoms with Crippen LogP contribution in [0.15, 0.2) is 72.8 Å². The number of halogens is 2. The zero-order valence-corrected chi connectivity index (χ0v) is 17.2. The van der Waals surface area contributed by atoms with Crippen LogP contribution in [0.1, 0.15) is 25.0 Å². The molecule has 0 saturated carbocycles. The number of rotatable bonds is 10. The Kier molecular flexibility index (Phi) is 7.90. The van der Waals surface area contributed by atoms with Crippen LogP contribution in [-0.2, 0) is 31.8 Å². The van der Waals surface area contributed by atoms with Crippen LogP contribution >= 0.6 is 0 Å². The third-order valence-corrected chi connectivity index (χ3v) is 3.84. The van der Waals surface area contributed by atoms with Gasteiger partial charge in [0.25, 0.3) is 0 Å². The molecule has 0 heterocycles. The SMILES string of the molecule is C=C(C)C(=O)OCOc1ccc(OC(F)(F)c2ccc(COC(=O)C(=C)C)cc2)cc1. The predicted octanol–water partition coefficient (Wildman–Crippen LogP) is 4.89. The van der Waals surface area contributed by atoms with Crippen LogP contribution in [0.3, 0.4) is 0 Å². The Bertz CT molecular complexity index is 949. The van der Waals surface area contributed by atoms with Crippen molar-refractivity contribution < 1.29 is 37.3 Å². The number of hydrogen-bond acceptors (Lipinski definition) is 6. The monoisotopic (exact) mass is 432 g/mol. The molecule has 8 heteroatoms. The van der Waals surface area contributed by atoms with E-state index in [0.29, 0.717) is 11.3 Å². The first-order chi connectivity index (χ1) is 14.6. The molecule has 0 aliphatic carbocycles. The Balaban J connectivity index is 1.92. The van der Waals surface area contributed by atoms with E-state index in [2.05, 4.69) is 13.2 Å². The molecule has 0 saturated heterocycles. The fourth-order valence-corrected chi connectivity index (χ4v) is 2.15. The standard InChI is InChI=1S/C23H22F2O6/c1-15(2)21(26)28-13-17-5-7-18(8-6-17)23(24,25)31-20-11-9-19(10-12-20)29-14-30-22(27)16(3)4/h5-12H,1,3,13-14H2,2,4H3. The van der Waals surface area contributed by atoms with Gasteiger partial charge in [0.1, 0.15) is 18.1 Å². The zero-order chi connectivity index (χ0) is 23.0. The van der Waals surface area contributed by atoms with E-state index in [1.807, 2.05) is 0 Å². The van der Waals surface area contributed by atoms with Crippen molar-refractivity contribution in [1.29, 1.82) is 0 Å². The van der Waals surface area contributed by atoms with Crippen molar-refractivity contribution in [3.05, 3.63) is 84.0 Å². The maximum atomic E-state index is 14.4. The second kappa shape index (κ2) is 10.4. The minimum Gasteiger partial charge on any atom is -0.457 e. The van der Waals surface area contributed by atoms with E-state index in [1.54, 1.807) is 0 Å². The van der Waals surface area contributed by atoms with Crippen LogP contribution in [0.5, 0.6) is 11.5 Å². The minimum absolute atomic E-state index is 0.0540. The molecule has 0 aromatic heterocycles. The molecule has 0 unspecified atom stereocenters. The second-order valence-electron chi connectivity index (χ2n) is 6.62. The third kappa shape index (κ3) is 7.26. The average molecular weight is 432 g/mol. The van der Waals surface area contributed by atoms with Gasteiger partial charge in [0.15, 0.2) is 0 Å². The summed E-state index contributed by atoms with van der Waals surface area (Å²) in [4.78, 5) is 22.7. The molecule has 0 aliphatic rings.